The predicted molar refractivity (Wildman–Crippen MR) is 53.4 cm³/mol. The van der Waals surface area contributed by atoms with Crippen molar-refractivity contribution in [2.45, 2.75) is 37.5 Å². The summed E-state index contributed by atoms with van der Waals surface area (Å²) in [6, 6.07) is 0. The summed E-state index contributed by atoms with van der Waals surface area (Å²) in [5, 5.41) is -0.571. The minimum atomic E-state index is -5.32. The lowest BCUT2D eigenvalue weighted by molar-refractivity contribution is -0.249. The molecule has 0 aromatic heterocycles. The molecule has 0 aliphatic rings. The van der Waals surface area contributed by atoms with Gasteiger partial charge in [-0.25, -0.2) is 13.2 Å². The van der Waals surface area contributed by atoms with Crippen LogP contribution in [0.4, 0.5) is 30.7 Å². The zero-order chi connectivity index (χ0) is 14.6. The van der Waals surface area contributed by atoms with E-state index in [1.807, 2.05) is 0 Å². The Morgan fingerprint density at radius 3 is 2.11 bits per heavy atom. The summed E-state index contributed by atoms with van der Waals surface area (Å²) in [6.07, 6.45) is -8.75. The Hall–Kier alpha value is -0.470. The summed E-state index contributed by atoms with van der Waals surface area (Å²) in [5.74, 6) is -10.8. The first kappa shape index (κ1) is 17.5. The number of halogens is 7. The van der Waals surface area contributed by atoms with Crippen molar-refractivity contribution in [3.63, 3.8) is 0 Å². The summed E-state index contributed by atoms with van der Waals surface area (Å²) in [4.78, 5) is 10.4. The fourth-order valence-electron chi connectivity index (χ4n) is 0.997. The van der Waals surface area contributed by atoms with E-state index in [0.717, 1.165) is 6.92 Å². The molecule has 0 spiro atoms. The van der Waals surface area contributed by atoms with Crippen molar-refractivity contribution in [3.8, 4) is 0 Å². The van der Waals surface area contributed by atoms with Crippen LogP contribution in [0, 0.1) is 0 Å². The third kappa shape index (κ3) is 4.33. The molecule has 0 bridgehead atoms. The average Bonchev–Trinajstić information content (AvgIpc) is 2.25. The Morgan fingerprint density at radius 2 is 1.72 bits per heavy atom. The van der Waals surface area contributed by atoms with Crippen LogP contribution >= 0.6 is 11.8 Å². The zero-order valence-electron chi connectivity index (χ0n) is 9.24. The van der Waals surface area contributed by atoms with Crippen LogP contribution < -0.4 is 0 Å². The second-order valence-corrected chi connectivity index (χ2v) is 4.76. The van der Waals surface area contributed by atoms with Crippen molar-refractivity contribution >= 4 is 16.9 Å². The number of alkyl halides is 7. The lowest BCUT2D eigenvalue weighted by Crippen LogP contribution is -2.52. The first-order valence-corrected chi connectivity index (χ1v) is 5.78. The van der Waals surface area contributed by atoms with Crippen molar-refractivity contribution in [2.75, 3.05) is 12.4 Å². The average molecular weight is 300 g/mol. The molecule has 0 aliphatic carbocycles. The molecule has 0 heterocycles. The number of hydrogen-bond donors (Lipinski definition) is 0. The summed E-state index contributed by atoms with van der Waals surface area (Å²) >= 11 is 0.358. The molecule has 108 valence electrons. The van der Waals surface area contributed by atoms with E-state index in [1.165, 1.54) is 0 Å². The van der Waals surface area contributed by atoms with Crippen molar-refractivity contribution in [3.05, 3.63) is 0 Å². The molecule has 0 radical (unpaired) electrons. The molecule has 0 fully saturated rings. The summed E-state index contributed by atoms with van der Waals surface area (Å²) in [7, 11) is 0. The highest BCUT2D eigenvalue weighted by molar-refractivity contribution is 8.13. The number of carbonyl (C=O) groups is 1. The van der Waals surface area contributed by atoms with Crippen molar-refractivity contribution in [2.24, 2.45) is 0 Å². The van der Waals surface area contributed by atoms with Gasteiger partial charge in [-0.3, -0.25) is 4.79 Å². The molecule has 1 nitrogen and oxygen atoms in total. The number of rotatable bonds is 7. The summed E-state index contributed by atoms with van der Waals surface area (Å²) in [6.45, 7) is -1.07. The molecule has 2 atom stereocenters. The summed E-state index contributed by atoms with van der Waals surface area (Å²) in [5.41, 5.74) is 0. The standard InChI is InChI=1S/C9H11F7OS/c1-5(17)18-3-2-8(13,14)9(15,16)7(12)6(11)4-10/h6-7H,2-4H2,1H3. The van der Waals surface area contributed by atoms with Crippen molar-refractivity contribution in [1.29, 1.82) is 0 Å². The Bertz CT molecular complexity index is 284. The largest absolute Gasteiger partial charge is 0.343 e. The molecule has 0 saturated carbocycles. The van der Waals surface area contributed by atoms with E-state index in [-0.39, 0.29) is 0 Å². The van der Waals surface area contributed by atoms with Crippen LogP contribution in [0.3, 0.4) is 0 Å². The lowest BCUT2D eigenvalue weighted by Gasteiger charge is -2.29. The molecular formula is C9H11F7OS. The Kier molecular flexibility index (Phi) is 6.45. The number of hydrogen-bond acceptors (Lipinski definition) is 2. The molecule has 0 aromatic carbocycles. The molecule has 0 aliphatic heterocycles. The third-order valence-electron chi connectivity index (χ3n) is 2.02. The monoisotopic (exact) mass is 300 g/mol. The quantitative estimate of drug-likeness (QED) is 0.669. The number of thioether (sulfide) groups is 1. The van der Waals surface area contributed by atoms with Crippen LogP contribution in [-0.2, 0) is 4.79 Å². The van der Waals surface area contributed by atoms with Gasteiger partial charge in [-0.2, -0.15) is 17.6 Å². The molecule has 18 heavy (non-hydrogen) atoms. The van der Waals surface area contributed by atoms with Crippen LogP contribution in [0.5, 0.6) is 0 Å². The molecular weight excluding hydrogens is 289 g/mol. The minimum Gasteiger partial charge on any atom is -0.288 e. The van der Waals surface area contributed by atoms with Crippen molar-refractivity contribution < 1.29 is 35.5 Å². The molecule has 0 N–H and O–H groups in total. The van der Waals surface area contributed by atoms with Gasteiger partial charge in [0.15, 0.2) is 11.3 Å². The third-order valence-corrected chi connectivity index (χ3v) is 2.84. The van der Waals surface area contributed by atoms with Crippen LogP contribution in [0.2, 0.25) is 0 Å². The number of carbonyl (C=O) groups excluding carboxylic acids is 1. The molecule has 0 aromatic rings. The van der Waals surface area contributed by atoms with E-state index in [4.69, 9.17) is 0 Å². The molecule has 0 amide bonds. The fourth-order valence-corrected chi connectivity index (χ4v) is 1.64. The highest BCUT2D eigenvalue weighted by atomic mass is 32.2. The Balaban J connectivity index is 4.68. The SMILES string of the molecule is CC(=O)SCCC(F)(F)C(F)(F)C(F)C(F)CF. The smallest absolute Gasteiger partial charge is 0.288 e. The lowest BCUT2D eigenvalue weighted by atomic mass is 10.0. The van der Waals surface area contributed by atoms with Gasteiger partial charge < -0.3 is 0 Å². The van der Waals surface area contributed by atoms with Gasteiger partial charge in [-0.15, -0.1) is 0 Å². The van der Waals surface area contributed by atoms with Crippen LogP contribution in [-0.4, -0.2) is 41.7 Å². The maximum atomic E-state index is 13.0. The maximum Gasteiger partial charge on any atom is 0.343 e. The van der Waals surface area contributed by atoms with Gasteiger partial charge in [0.05, 0.1) is 0 Å². The summed E-state index contributed by atoms with van der Waals surface area (Å²) < 4.78 is 88.6. The second-order valence-electron chi connectivity index (χ2n) is 3.49. The zero-order valence-corrected chi connectivity index (χ0v) is 10.1. The van der Waals surface area contributed by atoms with E-state index < -0.39 is 48.2 Å². The molecule has 9 heteroatoms. The molecule has 0 rings (SSSR count). The Labute approximate surface area is 103 Å². The van der Waals surface area contributed by atoms with Crippen LogP contribution in [0.25, 0.3) is 0 Å². The van der Waals surface area contributed by atoms with Gasteiger partial charge in [0.2, 0.25) is 6.17 Å². The van der Waals surface area contributed by atoms with E-state index in [2.05, 4.69) is 0 Å². The van der Waals surface area contributed by atoms with E-state index >= 15 is 0 Å². The highest BCUT2D eigenvalue weighted by Crippen LogP contribution is 2.43. The van der Waals surface area contributed by atoms with Crippen LogP contribution in [0.1, 0.15) is 13.3 Å². The van der Waals surface area contributed by atoms with Gasteiger partial charge in [-0.1, -0.05) is 11.8 Å². The van der Waals surface area contributed by atoms with Gasteiger partial charge >= 0.3 is 11.8 Å². The maximum absolute atomic E-state index is 13.0. The fraction of sp³-hybridized carbons (Fsp3) is 0.889. The first-order valence-electron chi connectivity index (χ1n) is 4.79. The van der Waals surface area contributed by atoms with Gasteiger partial charge in [0, 0.05) is 19.1 Å². The molecule has 2 unspecified atom stereocenters. The van der Waals surface area contributed by atoms with E-state index in [9.17, 15) is 35.5 Å². The van der Waals surface area contributed by atoms with Gasteiger partial charge in [0.25, 0.3) is 0 Å². The Morgan fingerprint density at radius 1 is 1.22 bits per heavy atom. The van der Waals surface area contributed by atoms with Crippen molar-refractivity contribution in [1.82, 2.24) is 0 Å². The minimum absolute atomic E-state index is 0.358. The van der Waals surface area contributed by atoms with E-state index in [1.54, 1.807) is 0 Å². The van der Waals surface area contributed by atoms with Crippen LogP contribution in [0.15, 0.2) is 0 Å². The topological polar surface area (TPSA) is 17.1 Å². The molecule has 0 saturated heterocycles. The predicted octanol–water partition coefficient (Wildman–Crippen LogP) is 3.57. The highest BCUT2D eigenvalue weighted by Gasteiger charge is 2.63. The normalized spacial score (nSPS) is 16.4. The first-order chi connectivity index (χ1) is 8.06. The second kappa shape index (κ2) is 6.63. The van der Waals surface area contributed by atoms with Gasteiger partial charge in [-0.05, 0) is 0 Å². The van der Waals surface area contributed by atoms with Gasteiger partial charge in [0.1, 0.15) is 6.67 Å². The van der Waals surface area contributed by atoms with E-state index in [0.29, 0.717) is 11.8 Å².